The van der Waals surface area contributed by atoms with Gasteiger partial charge in [-0.15, -0.1) is 11.3 Å². The van der Waals surface area contributed by atoms with Crippen molar-refractivity contribution in [3.05, 3.63) is 57.3 Å². The molecule has 0 bridgehead atoms. The van der Waals surface area contributed by atoms with E-state index in [-0.39, 0.29) is 17.7 Å². The predicted molar refractivity (Wildman–Crippen MR) is 92.5 cm³/mol. The van der Waals surface area contributed by atoms with E-state index in [0.717, 1.165) is 6.42 Å². The first-order chi connectivity index (χ1) is 10.8. The van der Waals surface area contributed by atoms with Crippen molar-refractivity contribution in [2.24, 2.45) is 0 Å². The first kappa shape index (κ1) is 16.2. The summed E-state index contributed by atoms with van der Waals surface area (Å²) in [6.07, 6.45) is 2.08. The molecule has 0 radical (unpaired) electrons. The summed E-state index contributed by atoms with van der Waals surface area (Å²) < 4.78 is 22.9. The van der Waals surface area contributed by atoms with Crippen LogP contribution in [0.25, 0.3) is 0 Å². The van der Waals surface area contributed by atoms with E-state index in [1.54, 1.807) is 35.6 Å². The van der Waals surface area contributed by atoms with E-state index in [4.69, 9.17) is 0 Å². The van der Waals surface area contributed by atoms with Gasteiger partial charge in [0, 0.05) is 23.2 Å². The van der Waals surface area contributed by atoms with Crippen molar-refractivity contribution in [2.45, 2.75) is 25.1 Å². The molecular formula is C17H19NO3S2. The lowest BCUT2D eigenvalue weighted by Crippen LogP contribution is -2.38. The average molecular weight is 349 g/mol. The van der Waals surface area contributed by atoms with Crippen molar-refractivity contribution in [1.29, 1.82) is 0 Å². The summed E-state index contributed by atoms with van der Waals surface area (Å²) in [4.78, 5) is 16.1. The number of rotatable bonds is 3. The minimum atomic E-state index is -3.11. The van der Waals surface area contributed by atoms with Crippen molar-refractivity contribution in [3.63, 3.8) is 0 Å². The highest BCUT2D eigenvalue weighted by Gasteiger charge is 2.29. The van der Waals surface area contributed by atoms with E-state index in [0.29, 0.717) is 17.7 Å². The molecule has 23 heavy (non-hydrogen) atoms. The van der Waals surface area contributed by atoms with Gasteiger partial charge in [-0.25, -0.2) is 8.42 Å². The highest BCUT2D eigenvalue weighted by atomic mass is 32.2. The van der Waals surface area contributed by atoms with Gasteiger partial charge < -0.3 is 4.90 Å². The van der Waals surface area contributed by atoms with Crippen molar-refractivity contribution >= 4 is 27.1 Å². The van der Waals surface area contributed by atoms with Crippen molar-refractivity contribution in [2.75, 3.05) is 12.8 Å². The number of hydrogen-bond donors (Lipinski definition) is 0. The summed E-state index contributed by atoms with van der Waals surface area (Å²) >= 11 is 1.74. The summed E-state index contributed by atoms with van der Waals surface area (Å²) in [6.45, 7) is 2.74. The lowest BCUT2D eigenvalue weighted by atomic mass is 10.00. The standard InChI is InChI=1S/C17H19NO3S2/c1-12-15-7-9-22-16(15)6-8-18(12)17(19)14-5-3-4-13(10-14)11-23(2,20)21/h3-5,7,9-10,12H,6,8,11H2,1-2H3/t12-/m1/s1. The van der Waals surface area contributed by atoms with E-state index in [1.807, 2.05) is 11.8 Å². The minimum Gasteiger partial charge on any atom is -0.331 e. The van der Waals surface area contributed by atoms with E-state index in [2.05, 4.69) is 11.4 Å². The molecule has 3 rings (SSSR count). The fourth-order valence-corrected chi connectivity index (χ4v) is 4.80. The molecular weight excluding hydrogens is 330 g/mol. The molecule has 2 aromatic rings. The molecule has 0 fully saturated rings. The van der Waals surface area contributed by atoms with Gasteiger partial charge in [0.2, 0.25) is 0 Å². The maximum Gasteiger partial charge on any atom is 0.254 e. The van der Waals surface area contributed by atoms with Crippen LogP contribution in [0.3, 0.4) is 0 Å². The average Bonchev–Trinajstić information content (AvgIpc) is 2.95. The highest BCUT2D eigenvalue weighted by molar-refractivity contribution is 7.89. The zero-order chi connectivity index (χ0) is 16.6. The molecule has 0 N–H and O–H groups in total. The maximum absolute atomic E-state index is 12.8. The third-order valence-corrected chi connectivity index (χ3v) is 6.00. The smallest absolute Gasteiger partial charge is 0.254 e. The van der Waals surface area contributed by atoms with Gasteiger partial charge in [-0.1, -0.05) is 12.1 Å². The molecule has 1 aliphatic heterocycles. The molecule has 1 aromatic heterocycles. The third kappa shape index (κ3) is 3.48. The van der Waals surface area contributed by atoms with Crippen LogP contribution in [0, 0.1) is 0 Å². The zero-order valence-corrected chi connectivity index (χ0v) is 14.8. The molecule has 2 heterocycles. The quantitative estimate of drug-likeness (QED) is 0.856. The molecule has 0 saturated carbocycles. The number of fused-ring (bicyclic) bond motifs is 1. The van der Waals surface area contributed by atoms with Gasteiger partial charge in [-0.2, -0.15) is 0 Å². The van der Waals surface area contributed by atoms with Crippen LogP contribution in [0.1, 0.15) is 39.3 Å². The molecule has 0 spiro atoms. The summed E-state index contributed by atoms with van der Waals surface area (Å²) in [5.74, 6) is -0.0806. The summed E-state index contributed by atoms with van der Waals surface area (Å²) in [6, 6.07) is 9.08. The molecule has 122 valence electrons. The Morgan fingerprint density at radius 2 is 2.13 bits per heavy atom. The fraction of sp³-hybridized carbons (Fsp3) is 0.353. The normalized spacial score (nSPS) is 17.8. The second-order valence-corrected chi connectivity index (χ2v) is 9.13. The van der Waals surface area contributed by atoms with E-state index in [1.165, 1.54) is 16.7 Å². The van der Waals surface area contributed by atoms with Crippen molar-refractivity contribution in [1.82, 2.24) is 4.90 Å². The fourth-order valence-electron chi connectivity index (χ4n) is 3.05. The third-order valence-electron chi connectivity index (χ3n) is 4.14. The Labute approximate surface area is 140 Å². The molecule has 6 heteroatoms. The largest absolute Gasteiger partial charge is 0.331 e. The Bertz CT molecular complexity index is 839. The first-order valence-electron chi connectivity index (χ1n) is 7.49. The minimum absolute atomic E-state index is 0.0373. The SMILES string of the molecule is C[C@@H]1c2ccsc2CCN1C(=O)c1cccc(CS(C)(=O)=O)c1. The van der Waals surface area contributed by atoms with Crippen LogP contribution < -0.4 is 0 Å². The second kappa shape index (κ2) is 6.09. The molecule has 0 saturated heterocycles. The Hall–Kier alpha value is -1.66. The van der Waals surface area contributed by atoms with Crippen LogP contribution >= 0.6 is 11.3 Å². The summed E-state index contributed by atoms with van der Waals surface area (Å²) in [5.41, 5.74) is 2.43. The number of carbonyl (C=O) groups excluding carboxylic acids is 1. The number of sulfone groups is 1. The molecule has 1 atom stereocenters. The topological polar surface area (TPSA) is 54.5 Å². The van der Waals surface area contributed by atoms with Gasteiger partial charge in [0.1, 0.15) is 0 Å². The maximum atomic E-state index is 12.8. The molecule has 4 nitrogen and oxygen atoms in total. The number of amides is 1. The number of carbonyl (C=O) groups is 1. The molecule has 1 aromatic carbocycles. The van der Waals surface area contributed by atoms with E-state index >= 15 is 0 Å². The van der Waals surface area contributed by atoms with Gasteiger partial charge in [0.25, 0.3) is 5.91 Å². The van der Waals surface area contributed by atoms with Crippen LogP contribution in [0.2, 0.25) is 0 Å². The van der Waals surface area contributed by atoms with Crippen molar-refractivity contribution < 1.29 is 13.2 Å². The number of nitrogens with zero attached hydrogens (tertiary/aromatic N) is 1. The molecule has 0 unspecified atom stereocenters. The van der Waals surface area contributed by atoms with Crippen LogP contribution in [0.5, 0.6) is 0 Å². The lowest BCUT2D eigenvalue weighted by molar-refractivity contribution is 0.0679. The van der Waals surface area contributed by atoms with Gasteiger partial charge >= 0.3 is 0 Å². The van der Waals surface area contributed by atoms with Crippen LogP contribution in [-0.2, 0) is 22.0 Å². The Kier molecular flexibility index (Phi) is 4.29. The zero-order valence-electron chi connectivity index (χ0n) is 13.2. The number of thiophene rings is 1. The Balaban J connectivity index is 1.85. The van der Waals surface area contributed by atoms with Gasteiger partial charge in [-0.05, 0) is 48.1 Å². The Morgan fingerprint density at radius 1 is 1.35 bits per heavy atom. The number of hydrogen-bond acceptors (Lipinski definition) is 4. The highest BCUT2D eigenvalue weighted by Crippen LogP contribution is 2.33. The predicted octanol–water partition coefficient (Wildman–Crippen LogP) is 3.05. The second-order valence-electron chi connectivity index (χ2n) is 5.99. The van der Waals surface area contributed by atoms with Crippen LogP contribution in [0.15, 0.2) is 35.7 Å². The molecule has 0 aliphatic carbocycles. The monoisotopic (exact) mass is 349 g/mol. The van der Waals surface area contributed by atoms with Crippen LogP contribution in [-0.4, -0.2) is 32.0 Å². The molecule has 1 amide bonds. The van der Waals surface area contributed by atoms with Gasteiger partial charge in [0.05, 0.1) is 11.8 Å². The van der Waals surface area contributed by atoms with Crippen LogP contribution in [0.4, 0.5) is 0 Å². The van der Waals surface area contributed by atoms with Gasteiger partial charge in [0.15, 0.2) is 9.84 Å². The summed E-state index contributed by atoms with van der Waals surface area (Å²) in [5, 5.41) is 2.07. The molecule has 1 aliphatic rings. The first-order valence-corrected chi connectivity index (χ1v) is 10.4. The van der Waals surface area contributed by atoms with E-state index < -0.39 is 9.84 Å². The lowest BCUT2D eigenvalue weighted by Gasteiger charge is -2.33. The number of benzene rings is 1. The van der Waals surface area contributed by atoms with E-state index in [9.17, 15) is 13.2 Å². The summed E-state index contributed by atoms with van der Waals surface area (Å²) in [7, 11) is -3.11. The van der Waals surface area contributed by atoms with Gasteiger partial charge in [-0.3, -0.25) is 4.79 Å². The Morgan fingerprint density at radius 3 is 2.87 bits per heavy atom. The van der Waals surface area contributed by atoms with Crippen molar-refractivity contribution in [3.8, 4) is 0 Å².